The number of amides is 4. The van der Waals surface area contributed by atoms with Crippen LogP contribution in [0.5, 0.6) is 0 Å². The number of hydrogen-bond acceptors (Lipinski definition) is 4. The Morgan fingerprint density at radius 3 is 2.62 bits per heavy atom. The van der Waals surface area contributed by atoms with Gasteiger partial charge in [0, 0.05) is 43.7 Å². The molecule has 0 aliphatic carbocycles. The Labute approximate surface area is 148 Å². The molecule has 2 heterocycles. The van der Waals surface area contributed by atoms with E-state index < -0.39 is 0 Å². The molecule has 24 heavy (non-hydrogen) atoms. The maximum Gasteiger partial charge on any atom is 0.317 e. The van der Waals surface area contributed by atoms with Crippen molar-refractivity contribution in [2.75, 3.05) is 39.3 Å². The van der Waals surface area contributed by atoms with Crippen molar-refractivity contribution in [2.24, 2.45) is 0 Å². The number of carbonyl (C=O) groups is 3. The van der Waals surface area contributed by atoms with Crippen LogP contribution >= 0.6 is 15.9 Å². The number of fused-ring (bicyclic) bond motifs is 1. The van der Waals surface area contributed by atoms with Gasteiger partial charge in [0.2, 0.25) is 0 Å². The van der Waals surface area contributed by atoms with Gasteiger partial charge < -0.3 is 15.5 Å². The Bertz CT molecular complexity index is 673. The second-order valence-corrected chi connectivity index (χ2v) is 6.69. The lowest BCUT2D eigenvalue weighted by atomic mass is 10.1. The predicted octanol–water partition coefficient (Wildman–Crippen LogP) is 1.05. The van der Waals surface area contributed by atoms with Crippen LogP contribution < -0.4 is 10.6 Å². The normalized spacial score (nSPS) is 17.2. The highest BCUT2D eigenvalue weighted by molar-refractivity contribution is 9.10. The quantitative estimate of drug-likeness (QED) is 0.590. The van der Waals surface area contributed by atoms with E-state index in [2.05, 4.69) is 26.6 Å². The van der Waals surface area contributed by atoms with E-state index in [-0.39, 0.29) is 17.8 Å². The third-order valence-electron chi connectivity index (χ3n) is 4.17. The number of nitrogens with one attached hydrogen (secondary N) is 2. The van der Waals surface area contributed by atoms with E-state index in [0.717, 1.165) is 17.6 Å². The highest BCUT2D eigenvalue weighted by Gasteiger charge is 2.35. The molecule has 4 amide bonds. The molecule has 2 aliphatic rings. The third-order valence-corrected chi connectivity index (χ3v) is 4.66. The average Bonchev–Trinajstić information content (AvgIpc) is 2.83. The summed E-state index contributed by atoms with van der Waals surface area (Å²) >= 11 is 3.31. The summed E-state index contributed by atoms with van der Waals surface area (Å²) in [6.07, 6.45) is 0.532. The lowest BCUT2D eigenvalue weighted by Crippen LogP contribution is -2.50. The summed E-state index contributed by atoms with van der Waals surface area (Å²) < 4.78 is 0.771. The van der Waals surface area contributed by atoms with Gasteiger partial charge in [-0.15, -0.1) is 0 Å². The van der Waals surface area contributed by atoms with Crippen molar-refractivity contribution in [3.05, 3.63) is 33.8 Å². The van der Waals surface area contributed by atoms with Crippen molar-refractivity contribution in [1.29, 1.82) is 0 Å². The minimum atomic E-state index is -0.273. The van der Waals surface area contributed by atoms with Crippen molar-refractivity contribution in [2.45, 2.75) is 6.42 Å². The first-order chi connectivity index (χ1) is 11.6. The molecule has 1 fully saturated rings. The lowest BCUT2D eigenvalue weighted by molar-refractivity contribution is 0.0653. The predicted molar refractivity (Wildman–Crippen MR) is 92.0 cm³/mol. The van der Waals surface area contributed by atoms with Crippen LogP contribution in [0, 0.1) is 0 Å². The van der Waals surface area contributed by atoms with Gasteiger partial charge in [-0.25, -0.2) is 4.79 Å². The van der Waals surface area contributed by atoms with E-state index in [4.69, 9.17) is 0 Å². The van der Waals surface area contributed by atoms with Gasteiger partial charge in [0.15, 0.2) is 0 Å². The highest BCUT2D eigenvalue weighted by atomic mass is 79.9. The summed E-state index contributed by atoms with van der Waals surface area (Å²) in [7, 11) is 0. The zero-order chi connectivity index (χ0) is 17.1. The van der Waals surface area contributed by atoms with Crippen LogP contribution in [0.1, 0.15) is 27.1 Å². The molecular weight excluding hydrogens is 376 g/mol. The van der Waals surface area contributed by atoms with Gasteiger partial charge in [-0.05, 0) is 24.6 Å². The minimum absolute atomic E-state index is 0.0946. The zero-order valence-corrected chi connectivity index (χ0v) is 14.8. The number of piperazine rings is 1. The molecule has 1 aromatic rings. The Hall–Kier alpha value is -1.93. The van der Waals surface area contributed by atoms with Gasteiger partial charge >= 0.3 is 6.03 Å². The fourth-order valence-electron chi connectivity index (χ4n) is 2.88. The number of benzene rings is 1. The topological polar surface area (TPSA) is 81.8 Å². The van der Waals surface area contributed by atoms with Crippen LogP contribution in [0.3, 0.4) is 0 Å². The third kappa shape index (κ3) is 3.44. The van der Waals surface area contributed by atoms with Crippen molar-refractivity contribution in [3.8, 4) is 0 Å². The molecule has 0 atom stereocenters. The highest BCUT2D eigenvalue weighted by Crippen LogP contribution is 2.25. The number of nitrogens with zero attached hydrogens (tertiary/aromatic N) is 2. The zero-order valence-electron chi connectivity index (χ0n) is 13.2. The molecule has 0 aromatic heterocycles. The van der Waals surface area contributed by atoms with E-state index >= 15 is 0 Å². The second kappa shape index (κ2) is 7.31. The van der Waals surface area contributed by atoms with Gasteiger partial charge in [0.05, 0.1) is 11.1 Å². The molecular formula is C16H19BrN4O3. The summed E-state index contributed by atoms with van der Waals surface area (Å²) in [5.74, 6) is -0.541. The molecule has 128 valence electrons. The van der Waals surface area contributed by atoms with E-state index in [1.807, 2.05) is 0 Å². The van der Waals surface area contributed by atoms with Crippen molar-refractivity contribution < 1.29 is 14.4 Å². The Morgan fingerprint density at radius 1 is 1.17 bits per heavy atom. The molecule has 2 aliphatic heterocycles. The van der Waals surface area contributed by atoms with Gasteiger partial charge in [-0.3, -0.25) is 14.5 Å². The molecule has 8 heteroatoms. The monoisotopic (exact) mass is 394 g/mol. The maximum atomic E-state index is 12.3. The smallest absolute Gasteiger partial charge is 0.317 e. The fraction of sp³-hybridized carbons (Fsp3) is 0.438. The standard InChI is InChI=1S/C16H19BrN4O3/c17-11-2-3-12-13(10-11)15(23)21(14(12)22)7-1-4-19-16(24)20-8-5-18-6-9-20/h2-3,10,18H,1,4-9H2,(H,19,24). The van der Waals surface area contributed by atoms with Crippen LogP contribution in [0.15, 0.2) is 22.7 Å². The minimum Gasteiger partial charge on any atom is -0.338 e. The van der Waals surface area contributed by atoms with Crippen molar-refractivity contribution >= 4 is 33.8 Å². The first-order valence-electron chi connectivity index (χ1n) is 7.97. The molecule has 0 unspecified atom stereocenters. The number of hydrogen-bond donors (Lipinski definition) is 2. The Morgan fingerprint density at radius 2 is 1.88 bits per heavy atom. The maximum absolute atomic E-state index is 12.3. The van der Waals surface area contributed by atoms with E-state index in [1.165, 1.54) is 4.90 Å². The summed E-state index contributed by atoms with van der Waals surface area (Å²) in [5, 5.41) is 6.03. The largest absolute Gasteiger partial charge is 0.338 e. The van der Waals surface area contributed by atoms with Gasteiger partial charge in [-0.2, -0.15) is 0 Å². The van der Waals surface area contributed by atoms with Crippen molar-refractivity contribution in [3.63, 3.8) is 0 Å². The van der Waals surface area contributed by atoms with Gasteiger partial charge in [0.25, 0.3) is 11.8 Å². The molecule has 0 radical (unpaired) electrons. The first kappa shape index (κ1) is 16.9. The SMILES string of the molecule is O=C(NCCCN1C(=O)c2ccc(Br)cc2C1=O)N1CCNCC1. The van der Waals surface area contributed by atoms with Gasteiger partial charge in [0.1, 0.15) is 0 Å². The average molecular weight is 395 g/mol. The molecule has 2 N–H and O–H groups in total. The Kier molecular flexibility index (Phi) is 5.15. The summed E-state index contributed by atoms with van der Waals surface area (Å²) in [5.41, 5.74) is 0.868. The van der Waals surface area contributed by atoms with Gasteiger partial charge in [-0.1, -0.05) is 15.9 Å². The number of halogens is 1. The van der Waals surface area contributed by atoms with E-state index in [0.29, 0.717) is 43.7 Å². The van der Waals surface area contributed by atoms with Crippen LogP contribution in [0.4, 0.5) is 4.79 Å². The van der Waals surface area contributed by atoms with Crippen LogP contribution in [0.25, 0.3) is 0 Å². The molecule has 1 saturated heterocycles. The van der Waals surface area contributed by atoms with Crippen LogP contribution in [0.2, 0.25) is 0 Å². The van der Waals surface area contributed by atoms with Crippen molar-refractivity contribution in [1.82, 2.24) is 20.4 Å². The summed E-state index contributed by atoms with van der Waals surface area (Å²) in [4.78, 5) is 39.6. The Balaban J connectivity index is 1.48. The molecule has 3 rings (SSSR count). The number of rotatable bonds is 4. The molecule has 0 spiro atoms. The van der Waals surface area contributed by atoms with Crippen LogP contribution in [-0.2, 0) is 0 Å². The molecule has 0 bridgehead atoms. The second-order valence-electron chi connectivity index (χ2n) is 5.77. The van der Waals surface area contributed by atoms with E-state index in [9.17, 15) is 14.4 Å². The first-order valence-corrected chi connectivity index (χ1v) is 8.76. The number of urea groups is 1. The number of carbonyl (C=O) groups excluding carboxylic acids is 3. The number of imide groups is 1. The molecule has 1 aromatic carbocycles. The molecule has 0 saturated carbocycles. The summed E-state index contributed by atoms with van der Waals surface area (Å²) in [6.45, 7) is 3.72. The summed E-state index contributed by atoms with van der Waals surface area (Å²) in [6, 6.07) is 4.98. The molecule has 7 nitrogen and oxygen atoms in total. The fourth-order valence-corrected chi connectivity index (χ4v) is 3.24. The van der Waals surface area contributed by atoms with Crippen LogP contribution in [-0.4, -0.2) is 66.9 Å². The van der Waals surface area contributed by atoms with E-state index in [1.54, 1.807) is 23.1 Å². The lowest BCUT2D eigenvalue weighted by Gasteiger charge is -2.27.